The number of ketones is 1. The first-order valence-corrected chi connectivity index (χ1v) is 12.3. The Hall–Kier alpha value is -2.80. The molecule has 0 aromatic carbocycles. The van der Waals surface area contributed by atoms with Crippen molar-refractivity contribution < 1.29 is 32.0 Å². The number of guanidine groups is 1. The van der Waals surface area contributed by atoms with Gasteiger partial charge >= 0.3 is 6.18 Å². The maximum Gasteiger partial charge on any atom is 0.415 e. The van der Waals surface area contributed by atoms with Gasteiger partial charge in [0.25, 0.3) is 6.43 Å². The van der Waals surface area contributed by atoms with Gasteiger partial charge in [0.05, 0.1) is 18.7 Å². The average molecular weight is 533 g/mol. The predicted molar refractivity (Wildman–Crippen MR) is 129 cm³/mol. The zero-order valence-electron chi connectivity index (χ0n) is 20.7. The number of pyridine rings is 1. The molecular formula is C24H33F5N6O2. The van der Waals surface area contributed by atoms with Gasteiger partial charge in [-0.3, -0.25) is 14.9 Å². The lowest BCUT2D eigenvalue weighted by Crippen LogP contribution is -2.45. The van der Waals surface area contributed by atoms with Crippen molar-refractivity contribution in [3.63, 3.8) is 0 Å². The molecule has 206 valence electrons. The van der Waals surface area contributed by atoms with Crippen LogP contribution < -0.4 is 10.6 Å². The summed E-state index contributed by atoms with van der Waals surface area (Å²) in [7, 11) is 0. The molecule has 1 atom stereocenters. The molecule has 8 nitrogen and oxygen atoms in total. The number of anilines is 1. The minimum absolute atomic E-state index is 0.0783. The zero-order chi connectivity index (χ0) is 27.0. The van der Waals surface area contributed by atoms with Gasteiger partial charge in [-0.2, -0.15) is 13.2 Å². The molecule has 3 rings (SSSR count). The molecule has 0 radical (unpaired) electrons. The number of fused-ring (bicyclic) bond motifs is 1. The number of hydrogen-bond acceptors (Lipinski definition) is 6. The first kappa shape index (κ1) is 28.8. The van der Waals surface area contributed by atoms with Crippen LogP contribution in [0.25, 0.3) is 0 Å². The Labute approximate surface area is 212 Å². The Morgan fingerprint density at radius 1 is 1.27 bits per heavy atom. The Morgan fingerprint density at radius 3 is 2.73 bits per heavy atom. The normalized spacial score (nSPS) is 17.9. The number of unbranched alkanes of at least 4 members (excludes halogenated alkanes) is 1. The van der Waals surface area contributed by atoms with Crippen molar-refractivity contribution in [1.82, 2.24) is 20.3 Å². The molecule has 37 heavy (non-hydrogen) atoms. The smallest absolute Gasteiger partial charge is 0.370 e. The summed E-state index contributed by atoms with van der Waals surface area (Å²) in [5.74, 6) is 0.219. The second-order valence-electron chi connectivity index (χ2n) is 9.23. The van der Waals surface area contributed by atoms with E-state index in [1.165, 1.54) is 12.5 Å². The maximum absolute atomic E-state index is 13.2. The standard InChI is InChI=1S/C24H33F5N6O2/c1-16(36)20(33-23-31-13-18(14-35(23)37)24(27,28)29)9-12-34(15-21(25)26)11-3-2-6-19-8-7-17-5-4-10-30-22(17)32-19/h7-8,13,20-21,37H,2-6,9-12,14-15H2,1H3,(H,30,32)(H,31,33). The highest BCUT2D eigenvalue weighted by Crippen LogP contribution is 2.27. The number of aromatic nitrogens is 1. The molecule has 0 amide bonds. The van der Waals surface area contributed by atoms with E-state index < -0.39 is 43.1 Å². The van der Waals surface area contributed by atoms with Gasteiger partial charge in [0.15, 0.2) is 5.78 Å². The van der Waals surface area contributed by atoms with Crippen LogP contribution in [-0.2, 0) is 17.6 Å². The molecule has 0 saturated carbocycles. The van der Waals surface area contributed by atoms with E-state index in [0.29, 0.717) is 25.6 Å². The number of carbonyl (C=O) groups excluding carboxylic acids is 1. The molecule has 1 unspecified atom stereocenters. The van der Waals surface area contributed by atoms with Gasteiger partial charge in [-0.05, 0) is 63.6 Å². The van der Waals surface area contributed by atoms with E-state index >= 15 is 0 Å². The molecule has 3 N–H and O–H groups in total. The van der Waals surface area contributed by atoms with Crippen molar-refractivity contribution in [3.05, 3.63) is 35.2 Å². The summed E-state index contributed by atoms with van der Waals surface area (Å²) in [6.07, 6.45) is -2.23. The Balaban J connectivity index is 1.52. The van der Waals surface area contributed by atoms with Crippen molar-refractivity contribution in [2.45, 2.75) is 64.1 Å². The fourth-order valence-corrected chi connectivity index (χ4v) is 4.23. The molecule has 0 fully saturated rings. The number of alkyl halides is 5. The lowest BCUT2D eigenvalue weighted by Gasteiger charge is -2.28. The molecule has 1 aromatic rings. The van der Waals surface area contributed by atoms with Crippen LogP contribution in [0.1, 0.15) is 43.9 Å². The highest BCUT2D eigenvalue weighted by atomic mass is 19.4. The van der Waals surface area contributed by atoms with Gasteiger partial charge in [0.2, 0.25) is 5.96 Å². The third kappa shape index (κ3) is 8.92. The van der Waals surface area contributed by atoms with Gasteiger partial charge in [-0.1, -0.05) is 6.07 Å². The largest absolute Gasteiger partial charge is 0.415 e. The van der Waals surface area contributed by atoms with Crippen LogP contribution in [0.3, 0.4) is 0 Å². The van der Waals surface area contributed by atoms with Gasteiger partial charge in [0.1, 0.15) is 11.9 Å². The Morgan fingerprint density at radius 2 is 2.05 bits per heavy atom. The van der Waals surface area contributed by atoms with Crippen LogP contribution in [0.4, 0.5) is 27.8 Å². The second-order valence-corrected chi connectivity index (χ2v) is 9.23. The summed E-state index contributed by atoms with van der Waals surface area (Å²) in [5.41, 5.74) is 1.14. The van der Waals surface area contributed by atoms with Crippen LogP contribution in [0.2, 0.25) is 0 Å². The number of nitrogens with zero attached hydrogens (tertiary/aromatic N) is 4. The molecule has 0 saturated heterocycles. The van der Waals surface area contributed by atoms with E-state index in [1.807, 2.05) is 6.07 Å². The number of hydrogen-bond donors (Lipinski definition) is 3. The van der Waals surface area contributed by atoms with Crippen LogP contribution in [-0.4, -0.2) is 83.3 Å². The average Bonchev–Trinajstić information content (AvgIpc) is 2.83. The number of aryl methyl sites for hydroxylation is 2. The third-order valence-corrected chi connectivity index (χ3v) is 6.28. The van der Waals surface area contributed by atoms with E-state index in [-0.39, 0.29) is 24.0 Å². The van der Waals surface area contributed by atoms with Crippen LogP contribution in [0.5, 0.6) is 0 Å². The van der Waals surface area contributed by atoms with E-state index in [0.717, 1.165) is 37.3 Å². The summed E-state index contributed by atoms with van der Waals surface area (Å²) in [4.78, 5) is 22.3. The fraction of sp³-hybridized carbons (Fsp3) is 0.625. The summed E-state index contributed by atoms with van der Waals surface area (Å²) in [5, 5.41) is 15.7. The number of Topliss-reactive ketones (excluding diaryl/α,β-unsaturated/α-hetero) is 1. The van der Waals surface area contributed by atoms with Gasteiger partial charge < -0.3 is 10.6 Å². The van der Waals surface area contributed by atoms with E-state index in [2.05, 4.69) is 26.7 Å². The molecule has 2 aliphatic rings. The zero-order valence-corrected chi connectivity index (χ0v) is 20.7. The van der Waals surface area contributed by atoms with Gasteiger partial charge in [0, 0.05) is 25.0 Å². The molecule has 2 aliphatic heterocycles. The topological polar surface area (TPSA) is 93.1 Å². The predicted octanol–water partition coefficient (Wildman–Crippen LogP) is 3.77. The van der Waals surface area contributed by atoms with Crippen LogP contribution >= 0.6 is 0 Å². The second kappa shape index (κ2) is 13.1. The van der Waals surface area contributed by atoms with Crippen molar-refractivity contribution >= 4 is 17.6 Å². The summed E-state index contributed by atoms with van der Waals surface area (Å²) >= 11 is 0. The van der Waals surface area contributed by atoms with Crippen molar-refractivity contribution in [1.29, 1.82) is 0 Å². The monoisotopic (exact) mass is 532 g/mol. The number of carbonyl (C=O) groups is 1. The lowest BCUT2D eigenvalue weighted by molar-refractivity contribution is -0.118. The molecule has 0 bridgehead atoms. The minimum atomic E-state index is -4.62. The number of hydroxylamine groups is 2. The van der Waals surface area contributed by atoms with Crippen molar-refractivity contribution in [2.24, 2.45) is 4.99 Å². The summed E-state index contributed by atoms with van der Waals surface area (Å²) in [6, 6.07) is 3.06. The number of aliphatic imine (C=N–C) groups is 1. The Kier molecular flexibility index (Phi) is 10.2. The van der Waals surface area contributed by atoms with Crippen LogP contribution in [0, 0.1) is 0 Å². The van der Waals surface area contributed by atoms with E-state index in [9.17, 15) is 32.0 Å². The first-order chi connectivity index (χ1) is 17.5. The van der Waals surface area contributed by atoms with Crippen LogP contribution in [0.15, 0.2) is 28.9 Å². The highest BCUT2D eigenvalue weighted by molar-refractivity contribution is 5.87. The number of halogens is 5. The molecule has 0 aliphatic carbocycles. The van der Waals surface area contributed by atoms with E-state index in [1.54, 1.807) is 4.90 Å². The number of nitrogens with one attached hydrogen (secondary N) is 2. The molecular weight excluding hydrogens is 499 g/mol. The molecule has 13 heteroatoms. The maximum atomic E-state index is 13.2. The highest BCUT2D eigenvalue weighted by Gasteiger charge is 2.37. The van der Waals surface area contributed by atoms with E-state index in [4.69, 9.17) is 0 Å². The number of rotatable bonds is 12. The molecule has 1 aromatic heterocycles. The lowest BCUT2D eigenvalue weighted by atomic mass is 10.1. The summed E-state index contributed by atoms with van der Waals surface area (Å²) in [6.45, 7) is 1.37. The molecule has 0 spiro atoms. The fourth-order valence-electron chi connectivity index (χ4n) is 4.23. The Bertz CT molecular complexity index is 985. The van der Waals surface area contributed by atoms with Gasteiger partial charge in [-0.25, -0.2) is 23.8 Å². The van der Waals surface area contributed by atoms with Crippen molar-refractivity contribution in [3.8, 4) is 0 Å². The first-order valence-electron chi connectivity index (χ1n) is 12.3. The quantitative estimate of drug-likeness (QED) is 0.279. The SMILES string of the molecule is CC(=O)C(CCN(CCCCc1ccc2c(n1)NCCC2)CC(F)F)N=C1NC=C(C(F)(F)F)CN1O. The minimum Gasteiger partial charge on any atom is -0.370 e. The summed E-state index contributed by atoms with van der Waals surface area (Å²) < 4.78 is 64.8. The van der Waals surface area contributed by atoms with Crippen molar-refractivity contribution in [2.75, 3.05) is 38.0 Å². The molecule has 3 heterocycles. The third-order valence-electron chi connectivity index (χ3n) is 6.28. The van der Waals surface area contributed by atoms with Gasteiger partial charge in [-0.15, -0.1) is 0 Å².